The number of benzene rings is 1. The Morgan fingerprint density at radius 2 is 1.72 bits per heavy atom. The highest BCUT2D eigenvalue weighted by atomic mass is 35.5. The first kappa shape index (κ1) is 25.3. The molecule has 1 aromatic heterocycles. The predicted molar refractivity (Wildman–Crippen MR) is 122 cm³/mol. The first-order chi connectivity index (χ1) is 14.7. The topological polar surface area (TPSA) is 132 Å². The monoisotopic (exact) mass is 471 g/mol. The van der Waals surface area contributed by atoms with Crippen LogP contribution in [0.3, 0.4) is 0 Å². The zero-order valence-corrected chi connectivity index (χ0v) is 19.7. The molecule has 0 saturated carbocycles. The Bertz CT molecular complexity index is 960. The lowest BCUT2D eigenvalue weighted by Gasteiger charge is -2.34. The van der Waals surface area contributed by atoms with E-state index in [0.717, 1.165) is 0 Å². The van der Waals surface area contributed by atoms with Gasteiger partial charge in [0.2, 0.25) is 11.7 Å². The van der Waals surface area contributed by atoms with Crippen LogP contribution in [0.25, 0.3) is 10.9 Å². The van der Waals surface area contributed by atoms with E-state index in [1.807, 2.05) is 4.90 Å². The maximum atomic E-state index is 12.2. The fourth-order valence-corrected chi connectivity index (χ4v) is 3.30. The second-order valence-electron chi connectivity index (χ2n) is 7.79. The van der Waals surface area contributed by atoms with Gasteiger partial charge in [-0.2, -0.15) is 4.98 Å². The number of piperazine rings is 1. The summed E-state index contributed by atoms with van der Waals surface area (Å²) < 4.78 is 21.5. The second kappa shape index (κ2) is 10.1. The maximum absolute atomic E-state index is 12.2. The van der Waals surface area contributed by atoms with Gasteiger partial charge in [0, 0.05) is 26.2 Å². The summed E-state index contributed by atoms with van der Waals surface area (Å²) in [5.74, 6) is 2.00. The van der Waals surface area contributed by atoms with Crippen molar-refractivity contribution < 1.29 is 28.8 Å². The summed E-state index contributed by atoms with van der Waals surface area (Å²) in [5, 5.41) is 10.3. The highest BCUT2D eigenvalue weighted by Crippen LogP contribution is 2.44. The Balaban J connectivity index is 0.00000363. The molecule has 3 rings (SSSR count). The molecule has 11 nitrogen and oxygen atoms in total. The number of aliphatic hydroxyl groups is 1. The molecule has 178 valence electrons. The number of nitrogens with two attached hydrogens (primary N) is 1. The first-order valence-electron chi connectivity index (χ1n) is 9.83. The van der Waals surface area contributed by atoms with Crippen molar-refractivity contribution in [1.29, 1.82) is 0 Å². The normalized spacial score (nSPS) is 14.1. The molecule has 1 aromatic carbocycles. The molecule has 0 radical (unpaired) electrons. The van der Waals surface area contributed by atoms with Crippen molar-refractivity contribution in [2.45, 2.75) is 19.4 Å². The van der Waals surface area contributed by atoms with Crippen molar-refractivity contribution >= 4 is 41.2 Å². The highest BCUT2D eigenvalue weighted by Gasteiger charge is 2.27. The minimum absolute atomic E-state index is 0. The number of nitrogens with zero attached hydrogens (tertiary/aromatic N) is 4. The number of carbonyl (C=O) groups excluding carboxylic acids is 1. The SMILES string of the molecule is COc1cc2c(N)nc(N3CCN(C(=O)OCC(C)(C)O)CC3)nc2c(OC)c1OC.Cl. The molecule has 32 heavy (non-hydrogen) atoms. The van der Waals surface area contributed by atoms with Crippen LogP contribution in [0.15, 0.2) is 6.07 Å². The van der Waals surface area contributed by atoms with E-state index in [9.17, 15) is 9.90 Å². The van der Waals surface area contributed by atoms with Gasteiger partial charge in [-0.3, -0.25) is 0 Å². The number of hydrogen-bond acceptors (Lipinski definition) is 10. The zero-order valence-electron chi connectivity index (χ0n) is 18.9. The van der Waals surface area contributed by atoms with E-state index in [-0.39, 0.29) is 24.8 Å². The Morgan fingerprint density at radius 1 is 1.09 bits per heavy atom. The summed E-state index contributed by atoms with van der Waals surface area (Å²) in [6.07, 6.45) is -0.459. The molecular formula is C20H30ClN5O6. The van der Waals surface area contributed by atoms with Crippen molar-refractivity contribution in [3.63, 3.8) is 0 Å². The largest absolute Gasteiger partial charge is 0.493 e. The van der Waals surface area contributed by atoms with Gasteiger partial charge < -0.3 is 39.6 Å². The van der Waals surface area contributed by atoms with Crippen LogP contribution < -0.4 is 24.8 Å². The van der Waals surface area contributed by atoms with Crippen molar-refractivity contribution in [2.24, 2.45) is 0 Å². The van der Waals surface area contributed by atoms with Gasteiger partial charge in [-0.25, -0.2) is 9.78 Å². The molecule has 0 unspecified atom stereocenters. The summed E-state index contributed by atoms with van der Waals surface area (Å²) in [6, 6.07) is 1.71. The van der Waals surface area contributed by atoms with Gasteiger partial charge in [0.25, 0.3) is 0 Å². The molecule has 0 aliphatic carbocycles. The number of carbonyl (C=O) groups is 1. The van der Waals surface area contributed by atoms with E-state index in [1.54, 1.807) is 24.8 Å². The van der Waals surface area contributed by atoms with E-state index >= 15 is 0 Å². The molecule has 3 N–H and O–H groups in total. The van der Waals surface area contributed by atoms with Crippen LogP contribution in [-0.4, -0.2) is 85.8 Å². The third-order valence-electron chi connectivity index (χ3n) is 4.88. The van der Waals surface area contributed by atoms with Gasteiger partial charge in [0.05, 0.1) is 32.3 Å². The summed E-state index contributed by atoms with van der Waals surface area (Å²) in [7, 11) is 4.57. The predicted octanol–water partition coefficient (Wildman–Crippen LogP) is 1.69. The number of nitrogen functional groups attached to an aromatic ring is 1. The van der Waals surface area contributed by atoms with E-state index in [2.05, 4.69) is 9.97 Å². The third kappa shape index (κ3) is 5.28. The number of amides is 1. The van der Waals surface area contributed by atoms with Gasteiger partial charge >= 0.3 is 6.09 Å². The standard InChI is InChI=1S/C20H29N5O6.ClH/c1-20(2,27)11-31-19(26)25-8-6-24(7-9-25)18-22-14-12(17(21)23-18)10-13(28-3)15(29-4)16(14)30-5;/h10,27H,6-9,11H2,1-5H3,(H2,21,22,23);1H. The number of ether oxygens (including phenoxy) is 4. The molecule has 1 aliphatic rings. The summed E-state index contributed by atoms with van der Waals surface area (Å²) in [4.78, 5) is 24.8. The quantitative estimate of drug-likeness (QED) is 0.641. The van der Waals surface area contributed by atoms with Crippen LogP contribution in [0, 0.1) is 0 Å². The first-order valence-corrected chi connectivity index (χ1v) is 9.83. The Hall–Kier alpha value is -2.92. The summed E-state index contributed by atoms with van der Waals surface area (Å²) >= 11 is 0. The van der Waals surface area contributed by atoms with Gasteiger partial charge in [-0.05, 0) is 19.9 Å². The molecule has 0 atom stereocenters. The number of anilines is 2. The molecule has 1 saturated heterocycles. The number of fused-ring (bicyclic) bond motifs is 1. The van der Waals surface area contributed by atoms with Crippen LogP contribution in [0.2, 0.25) is 0 Å². The minimum Gasteiger partial charge on any atom is -0.493 e. The van der Waals surface area contributed by atoms with Crippen LogP contribution in [0.4, 0.5) is 16.6 Å². The van der Waals surface area contributed by atoms with Crippen molar-refractivity contribution in [2.75, 3.05) is 64.7 Å². The van der Waals surface area contributed by atoms with Crippen molar-refractivity contribution in [1.82, 2.24) is 14.9 Å². The molecule has 12 heteroatoms. The van der Waals surface area contributed by atoms with Gasteiger partial charge in [-0.1, -0.05) is 0 Å². The highest BCUT2D eigenvalue weighted by molar-refractivity contribution is 5.97. The lowest BCUT2D eigenvalue weighted by atomic mass is 10.2. The summed E-state index contributed by atoms with van der Waals surface area (Å²) in [6.45, 7) is 4.94. The number of rotatable bonds is 6. The fourth-order valence-electron chi connectivity index (χ4n) is 3.30. The number of halogens is 1. The molecular weight excluding hydrogens is 442 g/mol. The molecule has 2 heterocycles. The Morgan fingerprint density at radius 3 is 2.25 bits per heavy atom. The van der Waals surface area contributed by atoms with Crippen LogP contribution in [0.5, 0.6) is 17.2 Å². The molecule has 1 fully saturated rings. The Labute approximate surface area is 192 Å². The molecule has 1 aliphatic heterocycles. The molecule has 2 aromatic rings. The smallest absolute Gasteiger partial charge is 0.409 e. The van der Waals surface area contributed by atoms with Crippen molar-refractivity contribution in [3.8, 4) is 17.2 Å². The minimum atomic E-state index is -1.07. The van der Waals surface area contributed by atoms with Gasteiger partial charge in [-0.15, -0.1) is 12.4 Å². The molecule has 0 bridgehead atoms. The van der Waals surface area contributed by atoms with Gasteiger partial charge in [0.1, 0.15) is 17.9 Å². The van der Waals surface area contributed by atoms with Crippen LogP contribution in [0.1, 0.15) is 13.8 Å². The lowest BCUT2D eigenvalue weighted by molar-refractivity contribution is -0.00415. The van der Waals surface area contributed by atoms with E-state index in [1.165, 1.54) is 21.3 Å². The average molecular weight is 472 g/mol. The third-order valence-corrected chi connectivity index (χ3v) is 4.88. The molecule has 1 amide bonds. The van der Waals surface area contributed by atoms with E-state index < -0.39 is 11.7 Å². The van der Waals surface area contributed by atoms with Crippen molar-refractivity contribution in [3.05, 3.63) is 6.07 Å². The van der Waals surface area contributed by atoms with Crippen LogP contribution in [-0.2, 0) is 4.74 Å². The van der Waals surface area contributed by atoms with E-state index in [4.69, 9.17) is 24.7 Å². The number of hydrogen-bond donors (Lipinski definition) is 2. The Kier molecular flexibility index (Phi) is 8.02. The zero-order chi connectivity index (χ0) is 22.8. The number of methoxy groups -OCH3 is 3. The summed E-state index contributed by atoms with van der Waals surface area (Å²) in [5.41, 5.74) is 5.66. The van der Waals surface area contributed by atoms with E-state index in [0.29, 0.717) is 60.3 Å². The lowest BCUT2D eigenvalue weighted by Crippen LogP contribution is -2.50. The second-order valence-corrected chi connectivity index (χ2v) is 7.79. The average Bonchev–Trinajstić information content (AvgIpc) is 2.75. The number of aromatic nitrogens is 2. The van der Waals surface area contributed by atoms with Gasteiger partial charge in [0.15, 0.2) is 11.5 Å². The molecule has 0 spiro atoms. The maximum Gasteiger partial charge on any atom is 0.409 e. The fraction of sp³-hybridized carbons (Fsp3) is 0.550. The van der Waals surface area contributed by atoms with Crippen LogP contribution >= 0.6 is 12.4 Å².